The van der Waals surface area contributed by atoms with Crippen molar-refractivity contribution in [2.75, 3.05) is 11.5 Å². The zero-order chi connectivity index (χ0) is 33.2. The molecule has 0 bridgehead atoms. The Balaban J connectivity index is 1.25. The van der Waals surface area contributed by atoms with Gasteiger partial charge in [0.05, 0.1) is 12.7 Å². The second-order valence-corrected chi connectivity index (χ2v) is 11.9. The Kier molecular flexibility index (Phi) is 9.55. The summed E-state index contributed by atoms with van der Waals surface area (Å²) in [4.78, 5) is 14.7. The molecule has 8 atom stereocenters. The molecule has 2 fully saturated rings. The number of anilines is 1. The number of phenols is 1. The number of aromatic hydroxyl groups is 1. The predicted molar refractivity (Wildman–Crippen MR) is 169 cm³/mol. The molecule has 2 saturated heterocycles. The normalized spacial score (nSPS) is 26.6. The van der Waals surface area contributed by atoms with E-state index in [1.807, 2.05) is 6.07 Å². The Hall–Kier alpha value is -4.36. The third kappa shape index (κ3) is 6.59. The summed E-state index contributed by atoms with van der Waals surface area (Å²) in [6.07, 6.45) is -8.09. The molecule has 1 amide bonds. The van der Waals surface area contributed by atoms with Gasteiger partial charge in [0.2, 0.25) is 0 Å². The molecule has 246 valence electrons. The molecule has 0 aromatic heterocycles. The van der Waals surface area contributed by atoms with Crippen LogP contribution in [0.2, 0.25) is 0 Å². The van der Waals surface area contributed by atoms with Crippen molar-refractivity contribution in [1.82, 2.24) is 0 Å². The minimum absolute atomic E-state index is 0.0752. The molecule has 0 spiro atoms. The van der Waals surface area contributed by atoms with Crippen LogP contribution in [0.5, 0.6) is 5.75 Å². The van der Waals surface area contributed by atoms with Crippen LogP contribution in [0.25, 0.3) is 11.1 Å². The zero-order valence-corrected chi connectivity index (χ0v) is 25.2. The first-order valence-electron chi connectivity index (χ1n) is 15.4. The fourth-order valence-corrected chi connectivity index (χ4v) is 6.33. The molecule has 10 nitrogen and oxygen atoms in total. The van der Waals surface area contributed by atoms with Gasteiger partial charge in [0.15, 0.2) is 0 Å². The number of hydrogen-bond donors (Lipinski definition) is 6. The van der Waals surface area contributed by atoms with Crippen molar-refractivity contribution in [3.05, 3.63) is 120 Å². The Labute approximate surface area is 270 Å². The summed E-state index contributed by atoms with van der Waals surface area (Å²) in [6.45, 7) is -0.528. The third-order valence-corrected chi connectivity index (χ3v) is 8.91. The maximum atomic E-state index is 13.4. The molecule has 1 unspecified atom stereocenters. The number of carbonyl (C=O) groups is 1. The van der Waals surface area contributed by atoms with Gasteiger partial charge in [-0.25, -0.2) is 9.18 Å². The van der Waals surface area contributed by atoms with E-state index in [-0.39, 0.29) is 18.6 Å². The lowest BCUT2D eigenvalue weighted by atomic mass is 9.90. The largest absolute Gasteiger partial charge is 0.508 e. The topological polar surface area (TPSA) is 160 Å². The fraction of sp³-hybridized carbons (Fsp3) is 0.306. The monoisotopic (exact) mass is 645 g/mol. The van der Waals surface area contributed by atoms with Crippen LogP contribution in [0.3, 0.4) is 0 Å². The van der Waals surface area contributed by atoms with Crippen molar-refractivity contribution < 1.29 is 49.3 Å². The lowest BCUT2D eigenvalue weighted by molar-refractivity contribution is -0.231. The van der Waals surface area contributed by atoms with Crippen LogP contribution in [0.4, 0.5) is 14.9 Å². The van der Waals surface area contributed by atoms with Gasteiger partial charge in [0.1, 0.15) is 54.2 Å². The number of amides is 1. The van der Waals surface area contributed by atoms with Gasteiger partial charge in [-0.1, -0.05) is 66.7 Å². The molecule has 0 aliphatic carbocycles. The number of carbonyl (C=O) groups excluding carboxylic acids is 1. The Morgan fingerprint density at radius 2 is 1.49 bits per heavy atom. The maximum Gasteiger partial charge on any atom is 0.415 e. The van der Waals surface area contributed by atoms with Crippen LogP contribution in [-0.2, 0) is 9.47 Å². The minimum atomic E-state index is -1.49. The highest BCUT2D eigenvalue weighted by atomic mass is 19.1. The Morgan fingerprint density at radius 3 is 2.15 bits per heavy atom. The first kappa shape index (κ1) is 32.6. The summed E-state index contributed by atoms with van der Waals surface area (Å²) in [5.74, 6) is -0.485. The molecule has 11 heteroatoms. The third-order valence-electron chi connectivity index (χ3n) is 8.91. The van der Waals surface area contributed by atoms with Crippen LogP contribution in [0, 0.1) is 5.82 Å². The standard InChI is InChI=1S/C36H36FNO9/c37-24-13-10-21(11-14-24)27(40)16-17-29-31(38(36(45)47-29)25-4-2-1-3-5-25)26-15-12-23(18-28(26)41)20-6-8-22(9-7-20)35-34(44)33(43)32(42)30(19-39)46-35/h1-15,18,27,29-35,39-44H,16-17,19H2/t27?,29-,30-,31-,32-,33+,34-,35+/m1/s1. The zero-order valence-electron chi connectivity index (χ0n) is 25.2. The molecule has 2 heterocycles. The van der Waals surface area contributed by atoms with Crippen molar-refractivity contribution in [2.24, 2.45) is 0 Å². The second kappa shape index (κ2) is 13.8. The van der Waals surface area contributed by atoms with E-state index in [0.717, 1.165) is 5.56 Å². The lowest BCUT2D eigenvalue weighted by Crippen LogP contribution is -2.55. The molecule has 2 aliphatic heterocycles. The number of cyclic esters (lactones) is 1. The van der Waals surface area contributed by atoms with Crippen LogP contribution in [0.15, 0.2) is 97.1 Å². The molecular formula is C36H36FNO9. The SMILES string of the molecule is O=C1O[C@H](CCC(O)c2ccc(F)cc2)[C@@H](c2ccc(-c3ccc([C@@H]4O[C@H](CO)[C@@H](O)[C@H](O)[C@H]4O)cc3)cc2O)N1c1ccccc1. The summed E-state index contributed by atoms with van der Waals surface area (Å²) in [6, 6.07) is 25.8. The average molecular weight is 646 g/mol. The van der Waals surface area contributed by atoms with Crippen LogP contribution in [-0.4, -0.2) is 73.9 Å². The van der Waals surface area contributed by atoms with E-state index in [1.54, 1.807) is 66.7 Å². The van der Waals surface area contributed by atoms with Gasteiger partial charge >= 0.3 is 6.09 Å². The van der Waals surface area contributed by atoms with E-state index in [1.165, 1.54) is 29.2 Å². The van der Waals surface area contributed by atoms with Crippen LogP contribution < -0.4 is 4.90 Å². The number of aliphatic hydroxyl groups excluding tert-OH is 5. The molecule has 2 aliphatic rings. The highest BCUT2D eigenvalue weighted by Gasteiger charge is 2.45. The van der Waals surface area contributed by atoms with Crippen LogP contribution in [0.1, 0.15) is 47.8 Å². The first-order valence-corrected chi connectivity index (χ1v) is 15.4. The number of para-hydroxylation sites is 1. The van der Waals surface area contributed by atoms with E-state index in [0.29, 0.717) is 27.9 Å². The molecule has 6 rings (SSSR count). The number of aliphatic hydroxyl groups is 5. The summed E-state index contributed by atoms with van der Waals surface area (Å²) in [5.41, 5.74) is 3.47. The first-order chi connectivity index (χ1) is 22.7. The van der Waals surface area contributed by atoms with E-state index in [2.05, 4.69) is 0 Å². The summed E-state index contributed by atoms with van der Waals surface area (Å²) in [5, 5.41) is 62.4. The van der Waals surface area contributed by atoms with Gasteiger partial charge < -0.3 is 40.1 Å². The van der Waals surface area contributed by atoms with E-state index < -0.39 is 67.3 Å². The number of hydrogen-bond acceptors (Lipinski definition) is 9. The Bertz CT molecular complexity index is 1670. The smallest absolute Gasteiger partial charge is 0.415 e. The van der Waals surface area contributed by atoms with Gasteiger partial charge in [0.25, 0.3) is 0 Å². The van der Waals surface area contributed by atoms with Crippen molar-refractivity contribution in [3.8, 4) is 16.9 Å². The molecular weight excluding hydrogens is 609 g/mol. The number of halogens is 1. The summed E-state index contributed by atoms with van der Waals surface area (Å²) >= 11 is 0. The number of benzene rings is 4. The molecule has 4 aromatic carbocycles. The van der Waals surface area contributed by atoms with Crippen molar-refractivity contribution in [1.29, 1.82) is 0 Å². The molecule has 0 radical (unpaired) electrons. The van der Waals surface area contributed by atoms with Gasteiger partial charge in [-0.3, -0.25) is 4.90 Å². The summed E-state index contributed by atoms with van der Waals surface area (Å²) < 4.78 is 24.9. The highest BCUT2D eigenvalue weighted by Crippen LogP contribution is 2.44. The van der Waals surface area contributed by atoms with E-state index >= 15 is 0 Å². The quantitative estimate of drug-likeness (QED) is 0.156. The maximum absolute atomic E-state index is 13.4. The fourth-order valence-electron chi connectivity index (χ4n) is 6.33. The number of phenolic OH excluding ortho intramolecular Hbond substituents is 1. The van der Waals surface area contributed by atoms with Gasteiger partial charge in [-0.2, -0.15) is 0 Å². The highest BCUT2D eigenvalue weighted by molar-refractivity contribution is 5.91. The van der Waals surface area contributed by atoms with E-state index in [9.17, 15) is 39.8 Å². The molecule has 47 heavy (non-hydrogen) atoms. The second-order valence-electron chi connectivity index (χ2n) is 11.9. The van der Waals surface area contributed by atoms with E-state index in [4.69, 9.17) is 9.47 Å². The van der Waals surface area contributed by atoms with Crippen molar-refractivity contribution >= 4 is 11.8 Å². The lowest BCUT2D eigenvalue weighted by Gasteiger charge is -2.40. The molecule has 4 aromatic rings. The summed E-state index contributed by atoms with van der Waals surface area (Å²) in [7, 11) is 0. The van der Waals surface area contributed by atoms with Crippen molar-refractivity contribution in [2.45, 2.75) is 61.6 Å². The Morgan fingerprint density at radius 1 is 0.809 bits per heavy atom. The van der Waals surface area contributed by atoms with Gasteiger partial charge in [-0.15, -0.1) is 0 Å². The number of nitrogens with zero attached hydrogens (tertiary/aromatic N) is 1. The average Bonchev–Trinajstić information content (AvgIpc) is 3.42. The molecule has 6 N–H and O–H groups in total. The van der Waals surface area contributed by atoms with Crippen LogP contribution >= 0.6 is 0 Å². The predicted octanol–water partition coefficient (Wildman–Crippen LogP) is 4.29. The minimum Gasteiger partial charge on any atom is -0.508 e. The van der Waals surface area contributed by atoms with Crippen molar-refractivity contribution in [3.63, 3.8) is 0 Å². The van der Waals surface area contributed by atoms with Gasteiger partial charge in [0, 0.05) is 11.3 Å². The number of ether oxygens (including phenoxy) is 2. The number of rotatable bonds is 9. The van der Waals surface area contributed by atoms with Gasteiger partial charge in [-0.05, 0) is 65.4 Å². The molecule has 0 saturated carbocycles.